The predicted molar refractivity (Wildman–Crippen MR) is 62.3 cm³/mol. The summed E-state index contributed by atoms with van der Waals surface area (Å²) in [5, 5.41) is 8.92. The van der Waals surface area contributed by atoms with Crippen molar-refractivity contribution in [3.63, 3.8) is 0 Å². The molecule has 16 heavy (non-hydrogen) atoms. The van der Waals surface area contributed by atoms with Gasteiger partial charge in [0.2, 0.25) is 0 Å². The second-order valence-corrected chi connectivity index (χ2v) is 5.08. The van der Waals surface area contributed by atoms with E-state index in [9.17, 15) is 8.78 Å². The van der Waals surface area contributed by atoms with Gasteiger partial charge in [-0.05, 0) is 17.7 Å². The summed E-state index contributed by atoms with van der Waals surface area (Å²) >= 11 is 1.50. The van der Waals surface area contributed by atoms with Crippen molar-refractivity contribution in [1.82, 2.24) is 0 Å². The molecular weight excluding hydrogens is 232 g/mol. The molecule has 1 aromatic rings. The van der Waals surface area contributed by atoms with Crippen molar-refractivity contribution in [1.29, 1.82) is 0 Å². The molecule has 0 aromatic heterocycles. The number of halogens is 2. The smallest absolute Gasteiger partial charge is 0.159 e. The molecule has 3 N–H and O–H groups in total. The fourth-order valence-electron chi connectivity index (χ4n) is 1.16. The van der Waals surface area contributed by atoms with Crippen LogP contribution in [0.4, 0.5) is 8.78 Å². The van der Waals surface area contributed by atoms with E-state index in [1.165, 1.54) is 17.8 Å². The summed E-state index contributed by atoms with van der Waals surface area (Å²) in [6.45, 7) is 1.96. The van der Waals surface area contributed by atoms with Crippen LogP contribution in [-0.4, -0.2) is 22.7 Å². The predicted octanol–water partition coefficient (Wildman–Crippen LogP) is 2.08. The number of aliphatic hydroxyl groups excluding tert-OH is 1. The van der Waals surface area contributed by atoms with Crippen LogP contribution < -0.4 is 5.73 Å². The Bertz CT molecular complexity index is 349. The van der Waals surface area contributed by atoms with E-state index in [0.29, 0.717) is 11.3 Å². The molecule has 2 nitrogen and oxygen atoms in total. The summed E-state index contributed by atoms with van der Waals surface area (Å²) in [4.78, 5) is 0. The van der Waals surface area contributed by atoms with Gasteiger partial charge in [-0.25, -0.2) is 8.78 Å². The van der Waals surface area contributed by atoms with Crippen LogP contribution in [0.5, 0.6) is 0 Å². The van der Waals surface area contributed by atoms with Crippen molar-refractivity contribution in [3.8, 4) is 0 Å². The lowest BCUT2D eigenvalue weighted by atomic mass is 10.1. The number of aliphatic hydroxyl groups is 1. The molecule has 0 amide bonds. The molecule has 0 saturated carbocycles. The van der Waals surface area contributed by atoms with E-state index in [1.807, 2.05) is 6.92 Å². The minimum absolute atomic E-state index is 0.0785. The lowest BCUT2D eigenvalue weighted by Gasteiger charge is -2.14. The first kappa shape index (κ1) is 13.4. The molecule has 0 aliphatic carbocycles. The molecule has 0 bridgehead atoms. The van der Waals surface area contributed by atoms with Crippen molar-refractivity contribution in [2.75, 3.05) is 12.4 Å². The molecule has 0 spiro atoms. The topological polar surface area (TPSA) is 46.2 Å². The highest BCUT2D eigenvalue weighted by Crippen LogP contribution is 2.20. The third-order valence-electron chi connectivity index (χ3n) is 2.19. The minimum Gasteiger partial charge on any atom is -0.395 e. The molecule has 0 radical (unpaired) electrons. The fourth-order valence-corrected chi connectivity index (χ4v) is 1.99. The average Bonchev–Trinajstić information content (AvgIpc) is 2.29. The second-order valence-electron chi connectivity index (χ2n) is 3.61. The van der Waals surface area contributed by atoms with E-state index >= 15 is 0 Å². The van der Waals surface area contributed by atoms with Gasteiger partial charge in [0.1, 0.15) is 0 Å². The Labute approximate surface area is 97.8 Å². The fraction of sp³-hybridized carbons (Fsp3) is 0.455. The van der Waals surface area contributed by atoms with E-state index in [4.69, 9.17) is 10.8 Å². The molecule has 90 valence electrons. The van der Waals surface area contributed by atoms with Gasteiger partial charge in [-0.2, -0.15) is 11.8 Å². The van der Waals surface area contributed by atoms with Gasteiger partial charge in [-0.3, -0.25) is 0 Å². The molecule has 0 heterocycles. The molecule has 0 aliphatic heterocycles. The highest BCUT2D eigenvalue weighted by molar-refractivity contribution is 7.99. The third kappa shape index (κ3) is 3.73. The lowest BCUT2D eigenvalue weighted by Crippen LogP contribution is -2.16. The second kappa shape index (κ2) is 6.18. The van der Waals surface area contributed by atoms with Crippen LogP contribution in [0.2, 0.25) is 0 Å². The van der Waals surface area contributed by atoms with Gasteiger partial charge in [-0.15, -0.1) is 0 Å². The summed E-state index contributed by atoms with van der Waals surface area (Å²) in [6.07, 6.45) is 0. The maximum absolute atomic E-state index is 12.9. The number of benzene rings is 1. The molecule has 1 rings (SSSR count). The molecule has 5 heteroatoms. The first-order chi connectivity index (χ1) is 7.54. The minimum atomic E-state index is -0.881. The zero-order valence-electron chi connectivity index (χ0n) is 8.99. The van der Waals surface area contributed by atoms with Gasteiger partial charge in [0.05, 0.1) is 6.61 Å². The summed E-state index contributed by atoms with van der Waals surface area (Å²) < 4.78 is 25.6. The van der Waals surface area contributed by atoms with Gasteiger partial charge >= 0.3 is 0 Å². The summed E-state index contributed by atoms with van der Waals surface area (Å²) in [7, 11) is 0. The third-order valence-corrected chi connectivity index (χ3v) is 3.46. The van der Waals surface area contributed by atoms with Crippen molar-refractivity contribution < 1.29 is 13.9 Å². The van der Waals surface area contributed by atoms with Gasteiger partial charge in [0, 0.05) is 17.0 Å². The maximum Gasteiger partial charge on any atom is 0.159 e. The van der Waals surface area contributed by atoms with E-state index < -0.39 is 11.6 Å². The SMILES string of the molecule is CC(CO)SCC(N)c1ccc(F)c(F)c1. The standard InChI is InChI=1S/C11H15F2NOS/c1-7(5-15)16-6-11(14)8-2-3-9(12)10(13)4-8/h2-4,7,11,15H,5-6,14H2,1H3. The first-order valence-corrected chi connectivity index (χ1v) is 6.02. The van der Waals surface area contributed by atoms with Crippen LogP contribution in [0.25, 0.3) is 0 Å². The molecule has 1 aromatic carbocycles. The average molecular weight is 247 g/mol. The van der Waals surface area contributed by atoms with Crippen LogP contribution >= 0.6 is 11.8 Å². The Morgan fingerprint density at radius 2 is 2.06 bits per heavy atom. The van der Waals surface area contributed by atoms with Crippen LogP contribution in [-0.2, 0) is 0 Å². The van der Waals surface area contributed by atoms with E-state index in [-0.39, 0.29) is 17.9 Å². The number of hydrogen-bond donors (Lipinski definition) is 2. The molecule has 0 fully saturated rings. The molecule has 0 aliphatic rings. The zero-order chi connectivity index (χ0) is 12.1. The van der Waals surface area contributed by atoms with E-state index in [2.05, 4.69) is 0 Å². The zero-order valence-corrected chi connectivity index (χ0v) is 9.81. The van der Waals surface area contributed by atoms with Crippen molar-refractivity contribution in [2.24, 2.45) is 5.73 Å². The van der Waals surface area contributed by atoms with E-state index in [1.54, 1.807) is 0 Å². The molecular formula is C11H15F2NOS. The Kier molecular flexibility index (Phi) is 5.18. The highest BCUT2D eigenvalue weighted by atomic mass is 32.2. The van der Waals surface area contributed by atoms with Crippen molar-refractivity contribution in [2.45, 2.75) is 18.2 Å². The Morgan fingerprint density at radius 1 is 1.38 bits per heavy atom. The van der Waals surface area contributed by atoms with Crippen molar-refractivity contribution >= 4 is 11.8 Å². The number of rotatable bonds is 5. The van der Waals surface area contributed by atoms with Gasteiger partial charge in [0.15, 0.2) is 11.6 Å². The summed E-state index contributed by atoms with van der Waals surface area (Å²) in [5.74, 6) is -1.19. The van der Waals surface area contributed by atoms with Gasteiger partial charge < -0.3 is 10.8 Å². The van der Waals surface area contributed by atoms with Crippen LogP contribution in [0.1, 0.15) is 18.5 Å². The maximum atomic E-state index is 12.9. The van der Waals surface area contributed by atoms with Gasteiger partial charge in [0.25, 0.3) is 0 Å². The first-order valence-electron chi connectivity index (χ1n) is 4.97. The molecule has 0 saturated heterocycles. The number of hydrogen-bond acceptors (Lipinski definition) is 3. The largest absolute Gasteiger partial charge is 0.395 e. The Balaban J connectivity index is 2.59. The monoisotopic (exact) mass is 247 g/mol. The normalized spacial score (nSPS) is 14.8. The summed E-state index contributed by atoms with van der Waals surface area (Å²) in [6, 6.07) is 3.32. The summed E-state index contributed by atoms with van der Waals surface area (Å²) in [5.41, 5.74) is 6.39. The molecule has 2 unspecified atom stereocenters. The van der Waals surface area contributed by atoms with Gasteiger partial charge in [-0.1, -0.05) is 13.0 Å². The Morgan fingerprint density at radius 3 is 2.62 bits per heavy atom. The lowest BCUT2D eigenvalue weighted by molar-refractivity contribution is 0.300. The molecule has 2 atom stereocenters. The van der Waals surface area contributed by atoms with Crippen LogP contribution in [0.15, 0.2) is 18.2 Å². The highest BCUT2D eigenvalue weighted by Gasteiger charge is 2.11. The number of nitrogens with two attached hydrogens (primary N) is 1. The number of thioether (sulfide) groups is 1. The van der Waals surface area contributed by atoms with E-state index in [0.717, 1.165) is 12.1 Å². The van der Waals surface area contributed by atoms with Crippen molar-refractivity contribution in [3.05, 3.63) is 35.4 Å². The van der Waals surface area contributed by atoms with Crippen LogP contribution in [0, 0.1) is 11.6 Å². The van der Waals surface area contributed by atoms with Crippen LogP contribution in [0.3, 0.4) is 0 Å². The quantitative estimate of drug-likeness (QED) is 0.837. The Hall–Kier alpha value is -0.650.